The Morgan fingerprint density at radius 1 is 0.960 bits per heavy atom. The minimum absolute atomic E-state index is 0.0440. The fourth-order valence-electron chi connectivity index (χ4n) is 1.99. The van der Waals surface area contributed by atoms with Crippen molar-refractivity contribution in [3.8, 4) is 17.2 Å². The molecular formula is C15H10N4O6. The van der Waals surface area contributed by atoms with Crippen LogP contribution in [-0.4, -0.2) is 20.0 Å². The van der Waals surface area contributed by atoms with E-state index in [1.54, 1.807) is 6.07 Å². The normalized spacial score (nSPS) is 10.4. The molecule has 3 rings (SSSR count). The lowest BCUT2D eigenvalue weighted by molar-refractivity contribution is -0.385. The summed E-state index contributed by atoms with van der Waals surface area (Å²) in [5.41, 5.74) is 0.395. The van der Waals surface area contributed by atoms with Gasteiger partial charge in [-0.25, -0.2) is 0 Å². The summed E-state index contributed by atoms with van der Waals surface area (Å²) in [5, 5.41) is 29.0. The van der Waals surface area contributed by atoms with Gasteiger partial charge in [0.15, 0.2) is 6.61 Å². The summed E-state index contributed by atoms with van der Waals surface area (Å²) in [6, 6.07) is 11.4. The second kappa shape index (κ2) is 6.74. The zero-order valence-electron chi connectivity index (χ0n) is 12.6. The van der Waals surface area contributed by atoms with Crippen LogP contribution in [0.15, 0.2) is 52.9 Å². The van der Waals surface area contributed by atoms with Gasteiger partial charge in [0, 0.05) is 23.8 Å². The maximum Gasteiger partial charge on any atom is 0.273 e. The Morgan fingerprint density at radius 2 is 1.68 bits per heavy atom. The Labute approximate surface area is 140 Å². The van der Waals surface area contributed by atoms with Crippen molar-refractivity contribution in [2.24, 2.45) is 0 Å². The van der Waals surface area contributed by atoms with Gasteiger partial charge in [-0.3, -0.25) is 20.2 Å². The highest BCUT2D eigenvalue weighted by Gasteiger charge is 2.12. The van der Waals surface area contributed by atoms with Crippen LogP contribution >= 0.6 is 0 Å². The van der Waals surface area contributed by atoms with E-state index in [1.807, 2.05) is 0 Å². The Balaban J connectivity index is 1.68. The molecule has 1 aromatic heterocycles. The van der Waals surface area contributed by atoms with Crippen LogP contribution in [0.4, 0.5) is 11.4 Å². The molecule has 0 bridgehead atoms. The fourth-order valence-corrected chi connectivity index (χ4v) is 1.99. The van der Waals surface area contributed by atoms with E-state index in [-0.39, 0.29) is 29.8 Å². The van der Waals surface area contributed by atoms with Gasteiger partial charge in [-0.1, -0.05) is 6.07 Å². The summed E-state index contributed by atoms with van der Waals surface area (Å²) < 4.78 is 10.8. The number of nitrogens with zero attached hydrogens (tertiary/aromatic N) is 4. The topological polar surface area (TPSA) is 134 Å². The predicted octanol–water partition coefficient (Wildman–Crippen LogP) is 3.13. The monoisotopic (exact) mass is 342 g/mol. The van der Waals surface area contributed by atoms with Crippen LogP contribution in [0.3, 0.4) is 0 Å². The third-order valence-electron chi connectivity index (χ3n) is 3.18. The maximum atomic E-state index is 10.7. The molecule has 2 aromatic carbocycles. The van der Waals surface area contributed by atoms with E-state index < -0.39 is 9.85 Å². The van der Waals surface area contributed by atoms with E-state index >= 15 is 0 Å². The first kappa shape index (κ1) is 16.1. The Hall–Kier alpha value is -3.82. The summed E-state index contributed by atoms with van der Waals surface area (Å²) in [6.45, 7) is -0.0683. The van der Waals surface area contributed by atoms with E-state index in [1.165, 1.54) is 42.5 Å². The van der Waals surface area contributed by atoms with Gasteiger partial charge in [0.1, 0.15) is 5.75 Å². The first-order chi connectivity index (χ1) is 12.0. The van der Waals surface area contributed by atoms with Crippen molar-refractivity contribution >= 4 is 11.4 Å². The van der Waals surface area contributed by atoms with Gasteiger partial charge in [0.2, 0.25) is 5.89 Å². The molecule has 0 saturated carbocycles. The van der Waals surface area contributed by atoms with Crippen molar-refractivity contribution in [3.05, 3.63) is 74.7 Å². The first-order valence-electron chi connectivity index (χ1n) is 6.97. The lowest BCUT2D eigenvalue weighted by Crippen LogP contribution is -1.96. The third-order valence-corrected chi connectivity index (χ3v) is 3.18. The molecule has 0 saturated heterocycles. The van der Waals surface area contributed by atoms with Gasteiger partial charge < -0.3 is 9.15 Å². The highest BCUT2D eigenvalue weighted by molar-refractivity contribution is 5.55. The van der Waals surface area contributed by atoms with Gasteiger partial charge in [0.05, 0.1) is 15.9 Å². The number of nitro benzene ring substituents is 2. The molecule has 0 unspecified atom stereocenters. The lowest BCUT2D eigenvalue weighted by Gasteiger charge is -2.02. The molecule has 10 heteroatoms. The minimum atomic E-state index is -0.522. The molecule has 0 N–H and O–H groups in total. The molecule has 0 aliphatic rings. The molecule has 0 amide bonds. The number of benzene rings is 2. The molecule has 3 aromatic rings. The fraction of sp³-hybridized carbons (Fsp3) is 0.0667. The number of hydrogen-bond acceptors (Lipinski definition) is 8. The number of nitro groups is 2. The summed E-state index contributed by atoms with van der Waals surface area (Å²) in [6.07, 6.45) is 0. The van der Waals surface area contributed by atoms with Crippen LogP contribution < -0.4 is 4.74 Å². The average molecular weight is 342 g/mol. The number of aromatic nitrogens is 2. The van der Waals surface area contributed by atoms with Crippen molar-refractivity contribution in [3.63, 3.8) is 0 Å². The number of rotatable bonds is 6. The van der Waals surface area contributed by atoms with Crippen LogP contribution in [0, 0.1) is 20.2 Å². The highest BCUT2D eigenvalue weighted by Crippen LogP contribution is 2.23. The molecule has 10 nitrogen and oxygen atoms in total. The van der Waals surface area contributed by atoms with Crippen LogP contribution in [0.1, 0.15) is 5.89 Å². The van der Waals surface area contributed by atoms with E-state index in [0.29, 0.717) is 11.3 Å². The second-order valence-electron chi connectivity index (χ2n) is 4.85. The molecule has 25 heavy (non-hydrogen) atoms. The average Bonchev–Trinajstić information content (AvgIpc) is 3.09. The van der Waals surface area contributed by atoms with Crippen molar-refractivity contribution in [1.29, 1.82) is 0 Å². The van der Waals surface area contributed by atoms with Gasteiger partial charge in [-0.15, -0.1) is 10.2 Å². The van der Waals surface area contributed by atoms with Crippen molar-refractivity contribution in [2.75, 3.05) is 0 Å². The lowest BCUT2D eigenvalue weighted by atomic mass is 10.2. The van der Waals surface area contributed by atoms with Gasteiger partial charge in [-0.2, -0.15) is 0 Å². The largest absolute Gasteiger partial charge is 0.484 e. The second-order valence-corrected chi connectivity index (χ2v) is 4.85. The molecule has 1 heterocycles. The van der Waals surface area contributed by atoms with E-state index in [2.05, 4.69) is 10.2 Å². The van der Waals surface area contributed by atoms with Crippen molar-refractivity contribution in [2.45, 2.75) is 6.61 Å². The molecule has 0 aliphatic heterocycles. The minimum Gasteiger partial charge on any atom is -0.484 e. The maximum absolute atomic E-state index is 10.7. The van der Waals surface area contributed by atoms with Crippen molar-refractivity contribution in [1.82, 2.24) is 10.2 Å². The molecule has 0 aliphatic carbocycles. The summed E-state index contributed by atoms with van der Waals surface area (Å²) >= 11 is 0. The molecule has 0 spiro atoms. The zero-order valence-corrected chi connectivity index (χ0v) is 12.6. The van der Waals surface area contributed by atoms with Gasteiger partial charge >= 0.3 is 0 Å². The quantitative estimate of drug-likeness (QED) is 0.492. The van der Waals surface area contributed by atoms with E-state index in [0.717, 1.165) is 0 Å². The number of ether oxygens (including phenoxy) is 1. The van der Waals surface area contributed by atoms with Crippen LogP contribution in [-0.2, 0) is 6.61 Å². The predicted molar refractivity (Wildman–Crippen MR) is 83.8 cm³/mol. The molecular weight excluding hydrogens is 332 g/mol. The summed E-state index contributed by atoms with van der Waals surface area (Å²) in [4.78, 5) is 20.3. The summed E-state index contributed by atoms with van der Waals surface area (Å²) in [5.74, 6) is 0.650. The highest BCUT2D eigenvalue weighted by atomic mass is 16.6. The standard InChI is InChI=1S/C15H10N4O6/c20-18(21)11-6-4-10(5-7-11)15-17-16-14(25-15)9-24-13-3-1-2-12(8-13)19(22)23/h1-8H,9H2. The van der Waals surface area contributed by atoms with Gasteiger partial charge in [-0.05, 0) is 18.2 Å². The van der Waals surface area contributed by atoms with E-state index in [4.69, 9.17) is 9.15 Å². The Morgan fingerprint density at radius 3 is 2.36 bits per heavy atom. The molecule has 0 fully saturated rings. The molecule has 0 radical (unpaired) electrons. The number of hydrogen-bond donors (Lipinski definition) is 0. The molecule has 126 valence electrons. The summed E-state index contributed by atoms with van der Waals surface area (Å²) in [7, 11) is 0. The Bertz CT molecular complexity index is 922. The van der Waals surface area contributed by atoms with Crippen LogP contribution in [0.5, 0.6) is 5.75 Å². The first-order valence-corrected chi connectivity index (χ1v) is 6.97. The number of non-ortho nitro benzene ring substituents is 2. The van der Waals surface area contributed by atoms with E-state index in [9.17, 15) is 20.2 Å². The third kappa shape index (κ3) is 3.75. The Kier molecular flexibility index (Phi) is 4.33. The van der Waals surface area contributed by atoms with Crippen molar-refractivity contribution < 1.29 is 19.0 Å². The van der Waals surface area contributed by atoms with Gasteiger partial charge in [0.25, 0.3) is 17.3 Å². The SMILES string of the molecule is O=[N+]([O-])c1ccc(-c2nnc(COc3cccc([N+](=O)[O-])c3)o2)cc1. The van der Waals surface area contributed by atoms with Crippen LogP contribution in [0.2, 0.25) is 0 Å². The van der Waals surface area contributed by atoms with Crippen LogP contribution in [0.25, 0.3) is 11.5 Å². The molecule has 0 atom stereocenters. The smallest absolute Gasteiger partial charge is 0.273 e. The zero-order chi connectivity index (χ0) is 17.8.